The molecule has 0 aliphatic heterocycles. The summed E-state index contributed by atoms with van der Waals surface area (Å²) >= 11 is 0. The molecule has 0 aromatic heterocycles. The molecule has 0 spiro atoms. The van der Waals surface area contributed by atoms with Crippen LogP contribution in [0.2, 0.25) is 0 Å². The van der Waals surface area contributed by atoms with Crippen molar-refractivity contribution in [1.82, 2.24) is 0 Å². The van der Waals surface area contributed by atoms with Crippen LogP contribution in [0.5, 0.6) is 11.5 Å². The summed E-state index contributed by atoms with van der Waals surface area (Å²) in [5.41, 5.74) is 0.206. The van der Waals surface area contributed by atoms with Crippen LogP contribution in [-0.4, -0.2) is 13.2 Å². The van der Waals surface area contributed by atoms with Crippen LogP contribution in [0.3, 0.4) is 0 Å². The van der Waals surface area contributed by atoms with E-state index in [2.05, 4.69) is 0 Å². The van der Waals surface area contributed by atoms with E-state index in [0.29, 0.717) is 6.61 Å². The van der Waals surface area contributed by atoms with Gasteiger partial charge in [-0.1, -0.05) is 38.5 Å². The smallest absolute Gasteiger partial charge is 0.201 e. The van der Waals surface area contributed by atoms with Gasteiger partial charge in [-0.2, -0.15) is 4.39 Å². The highest BCUT2D eigenvalue weighted by atomic mass is 19.2. The predicted molar refractivity (Wildman–Crippen MR) is 97.1 cm³/mol. The van der Waals surface area contributed by atoms with Crippen LogP contribution in [0.1, 0.15) is 33.1 Å². The zero-order valence-electron chi connectivity index (χ0n) is 15.0. The molecule has 2 aromatic carbocycles. The second kappa shape index (κ2) is 9.90. The van der Waals surface area contributed by atoms with Gasteiger partial charge < -0.3 is 9.47 Å². The van der Waals surface area contributed by atoms with E-state index in [4.69, 9.17) is 9.47 Å². The minimum atomic E-state index is -1.07. The Balaban J connectivity index is 2.19. The maximum Gasteiger partial charge on any atom is 0.201 e. The molecule has 0 unspecified atom stereocenters. The zero-order chi connectivity index (χ0) is 18.9. The summed E-state index contributed by atoms with van der Waals surface area (Å²) < 4.78 is 53.2. The van der Waals surface area contributed by atoms with Crippen molar-refractivity contribution >= 4 is 0 Å². The quantitative estimate of drug-likeness (QED) is 0.384. The third-order valence-electron chi connectivity index (χ3n) is 3.78. The zero-order valence-corrected chi connectivity index (χ0v) is 15.0. The molecule has 0 amide bonds. The van der Waals surface area contributed by atoms with Gasteiger partial charge >= 0.3 is 0 Å². The molecule has 0 atom stereocenters. The molecule has 0 bridgehead atoms. The number of hydrogen-bond donors (Lipinski definition) is 0. The van der Waals surface area contributed by atoms with Crippen LogP contribution in [0.25, 0.3) is 11.1 Å². The lowest BCUT2D eigenvalue weighted by atomic mass is 10.0. The molecule has 0 saturated carbocycles. The molecule has 26 heavy (non-hydrogen) atoms. The van der Waals surface area contributed by atoms with Gasteiger partial charge in [0.25, 0.3) is 0 Å². The topological polar surface area (TPSA) is 18.5 Å². The second-order valence-corrected chi connectivity index (χ2v) is 5.78. The van der Waals surface area contributed by atoms with Crippen molar-refractivity contribution in [3.63, 3.8) is 0 Å². The van der Waals surface area contributed by atoms with Crippen molar-refractivity contribution in [2.75, 3.05) is 13.2 Å². The monoisotopic (exact) mass is 364 g/mol. The average molecular weight is 364 g/mol. The summed E-state index contributed by atoms with van der Waals surface area (Å²) in [5, 5.41) is 0. The molecule has 0 radical (unpaired) electrons. The van der Waals surface area contributed by atoms with E-state index in [-0.39, 0.29) is 29.2 Å². The fourth-order valence-electron chi connectivity index (χ4n) is 2.35. The molecule has 2 nitrogen and oxygen atoms in total. The van der Waals surface area contributed by atoms with Crippen molar-refractivity contribution in [2.24, 2.45) is 0 Å². The standard InChI is InChI=1S/C21H23F3O2/c1-3-5-7-13-25-18-10-8-15(14-17(18)22)16-9-11-19(21(24)20(16)23)26-12-6-4-2/h5,7-11,14H,3-4,6,12-13H2,1-2H3. The molecule has 0 aliphatic carbocycles. The van der Waals surface area contributed by atoms with E-state index in [0.717, 1.165) is 25.3 Å². The minimum absolute atomic E-state index is 0.0262. The fourth-order valence-corrected chi connectivity index (χ4v) is 2.35. The van der Waals surface area contributed by atoms with Gasteiger partial charge in [0.05, 0.1) is 6.61 Å². The van der Waals surface area contributed by atoms with Crippen LogP contribution in [0.15, 0.2) is 42.5 Å². The van der Waals surface area contributed by atoms with Crippen molar-refractivity contribution < 1.29 is 22.6 Å². The van der Waals surface area contributed by atoms with Gasteiger partial charge in [-0.05, 0) is 42.7 Å². The van der Waals surface area contributed by atoms with E-state index in [9.17, 15) is 13.2 Å². The molecular weight excluding hydrogens is 341 g/mol. The summed E-state index contributed by atoms with van der Waals surface area (Å²) in [6.45, 7) is 4.53. The van der Waals surface area contributed by atoms with Gasteiger partial charge in [-0.3, -0.25) is 0 Å². The van der Waals surface area contributed by atoms with E-state index >= 15 is 0 Å². The average Bonchev–Trinajstić information content (AvgIpc) is 2.63. The Morgan fingerprint density at radius 2 is 1.65 bits per heavy atom. The third-order valence-corrected chi connectivity index (χ3v) is 3.78. The third kappa shape index (κ3) is 5.04. The molecule has 0 aliphatic rings. The maximum absolute atomic E-state index is 14.4. The molecule has 2 aromatic rings. The summed E-state index contributed by atoms with van der Waals surface area (Å²) in [6, 6.07) is 6.79. The van der Waals surface area contributed by atoms with Crippen LogP contribution in [-0.2, 0) is 0 Å². The molecular formula is C21H23F3O2. The van der Waals surface area contributed by atoms with Crippen LogP contribution < -0.4 is 9.47 Å². The first-order chi connectivity index (χ1) is 12.6. The maximum atomic E-state index is 14.4. The Bertz CT molecular complexity index is 757. The Kier molecular flexibility index (Phi) is 7.57. The van der Waals surface area contributed by atoms with Gasteiger partial charge in [-0.25, -0.2) is 8.78 Å². The van der Waals surface area contributed by atoms with Crippen molar-refractivity contribution in [3.05, 3.63) is 59.9 Å². The molecule has 140 valence electrons. The van der Waals surface area contributed by atoms with Crippen molar-refractivity contribution in [3.8, 4) is 22.6 Å². The van der Waals surface area contributed by atoms with Crippen molar-refractivity contribution in [1.29, 1.82) is 0 Å². The molecule has 0 fully saturated rings. The number of allylic oxidation sites excluding steroid dienone is 1. The lowest BCUT2D eigenvalue weighted by Gasteiger charge is -2.11. The summed E-state index contributed by atoms with van der Waals surface area (Å²) in [6.07, 6.45) is 6.22. The molecule has 2 rings (SSSR count). The summed E-state index contributed by atoms with van der Waals surface area (Å²) in [5.74, 6) is -2.82. The Morgan fingerprint density at radius 3 is 2.35 bits per heavy atom. The molecule has 0 N–H and O–H groups in total. The second-order valence-electron chi connectivity index (χ2n) is 5.78. The first-order valence-electron chi connectivity index (χ1n) is 8.77. The highest BCUT2D eigenvalue weighted by Crippen LogP contribution is 2.32. The largest absolute Gasteiger partial charge is 0.490 e. The first kappa shape index (κ1) is 19.9. The van der Waals surface area contributed by atoms with E-state index < -0.39 is 17.5 Å². The highest BCUT2D eigenvalue weighted by Gasteiger charge is 2.17. The van der Waals surface area contributed by atoms with Gasteiger partial charge in [0, 0.05) is 5.56 Å². The number of ether oxygens (including phenoxy) is 2. The highest BCUT2D eigenvalue weighted by molar-refractivity contribution is 5.66. The van der Waals surface area contributed by atoms with Gasteiger partial charge in [0.15, 0.2) is 23.1 Å². The summed E-state index contributed by atoms with van der Waals surface area (Å²) in [7, 11) is 0. The van der Waals surface area contributed by atoms with E-state index in [1.54, 1.807) is 6.08 Å². The molecule has 5 heteroatoms. The SMILES string of the molecule is CCC=CCOc1ccc(-c2ccc(OCCCC)c(F)c2F)cc1F. The number of hydrogen-bond acceptors (Lipinski definition) is 2. The number of halogens is 3. The van der Waals surface area contributed by atoms with Gasteiger partial charge in [0.1, 0.15) is 6.61 Å². The number of unbranched alkanes of at least 4 members (excludes halogenated alkanes) is 1. The fraction of sp³-hybridized carbons (Fsp3) is 0.333. The lowest BCUT2D eigenvalue weighted by Crippen LogP contribution is -2.01. The molecule has 0 saturated heterocycles. The van der Waals surface area contributed by atoms with E-state index in [1.807, 2.05) is 19.9 Å². The van der Waals surface area contributed by atoms with Gasteiger partial charge in [-0.15, -0.1) is 0 Å². The minimum Gasteiger partial charge on any atom is -0.490 e. The first-order valence-corrected chi connectivity index (χ1v) is 8.77. The Morgan fingerprint density at radius 1 is 0.885 bits per heavy atom. The molecule has 0 heterocycles. The van der Waals surface area contributed by atoms with Crippen molar-refractivity contribution in [2.45, 2.75) is 33.1 Å². The van der Waals surface area contributed by atoms with Gasteiger partial charge in [0.2, 0.25) is 5.82 Å². The number of benzene rings is 2. The Hall–Kier alpha value is -2.43. The number of rotatable bonds is 9. The van der Waals surface area contributed by atoms with E-state index in [1.165, 1.54) is 24.3 Å². The predicted octanol–water partition coefficient (Wildman–Crippen LogP) is 6.29. The van der Waals surface area contributed by atoms with Crippen LogP contribution in [0, 0.1) is 17.5 Å². The lowest BCUT2D eigenvalue weighted by molar-refractivity contribution is 0.289. The van der Waals surface area contributed by atoms with Crippen LogP contribution in [0.4, 0.5) is 13.2 Å². The Labute approximate surface area is 152 Å². The summed E-state index contributed by atoms with van der Waals surface area (Å²) in [4.78, 5) is 0. The van der Waals surface area contributed by atoms with Crippen LogP contribution >= 0.6 is 0 Å². The normalized spacial score (nSPS) is 11.1.